The van der Waals surface area contributed by atoms with Crippen LogP contribution in [0.1, 0.15) is 37.4 Å². The van der Waals surface area contributed by atoms with Crippen molar-refractivity contribution in [2.24, 2.45) is 10.2 Å². The number of rotatable bonds is 9. The van der Waals surface area contributed by atoms with Crippen LogP contribution in [0, 0.1) is 6.92 Å². The third-order valence-electron chi connectivity index (χ3n) is 7.95. The number of hydrogen-bond acceptors (Lipinski definition) is 14. The van der Waals surface area contributed by atoms with E-state index in [0.29, 0.717) is 17.1 Å². The maximum absolute atomic E-state index is 13.3. The number of urea groups is 1. The Labute approximate surface area is 359 Å². The van der Waals surface area contributed by atoms with Gasteiger partial charge in [-0.25, -0.2) is 21.6 Å². The molecule has 0 radical (unpaired) electrons. The second kappa shape index (κ2) is 17.5. The summed E-state index contributed by atoms with van der Waals surface area (Å²) in [5.74, 6) is -1.37. The van der Waals surface area contributed by atoms with Crippen LogP contribution in [0.15, 0.2) is 105 Å². The maximum Gasteiger partial charge on any atom is 1.00 e. The zero-order valence-corrected chi connectivity index (χ0v) is 35.2. The van der Waals surface area contributed by atoms with Crippen LogP contribution >= 0.6 is 0 Å². The number of carbonyl (C=O) groups excluding carboxylic acids is 3. The van der Waals surface area contributed by atoms with E-state index in [4.69, 9.17) is 4.74 Å². The number of ketones is 2. The van der Waals surface area contributed by atoms with Crippen molar-refractivity contribution in [1.82, 2.24) is 0 Å². The van der Waals surface area contributed by atoms with Gasteiger partial charge in [-0.3, -0.25) is 20.4 Å². The Balaban J connectivity index is 0.00000336. The third kappa shape index (κ3) is 9.68. The number of anilines is 4. The minimum absolute atomic E-state index is 0. The van der Waals surface area contributed by atoms with Crippen LogP contribution in [0.25, 0.3) is 12.2 Å². The van der Waals surface area contributed by atoms with Gasteiger partial charge in [0.05, 0.1) is 28.3 Å². The molecule has 0 aromatic heterocycles. The third-order valence-corrected chi connectivity index (χ3v) is 9.65. The van der Waals surface area contributed by atoms with E-state index in [1.807, 2.05) is 0 Å². The summed E-state index contributed by atoms with van der Waals surface area (Å²) in [5, 5.41) is 12.9. The first-order valence-corrected chi connectivity index (χ1v) is 18.1. The fraction of sp³-hybridized carbons (Fsp3) is 0.0571. The molecule has 0 aliphatic heterocycles. The molecule has 4 aromatic carbocycles. The van der Waals surface area contributed by atoms with Gasteiger partial charge in [-0.05, 0) is 90.4 Å². The smallest absolute Gasteiger partial charge is 0.744 e. The van der Waals surface area contributed by atoms with Gasteiger partial charge in [0.25, 0.3) is 0 Å². The average molecular weight is 801 g/mol. The van der Waals surface area contributed by atoms with Crippen molar-refractivity contribution >= 4 is 84.2 Å². The number of aryl methyl sites for hydroxylation is 1. The largest absolute Gasteiger partial charge is 1.00 e. The molecule has 20 heteroatoms. The number of nitrogens with zero attached hydrogens (tertiary/aromatic N) is 2. The monoisotopic (exact) mass is 800 g/mol. The van der Waals surface area contributed by atoms with Crippen molar-refractivity contribution in [3.63, 3.8) is 0 Å². The molecule has 0 unspecified atom stereocenters. The summed E-state index contributed by atoms with van der Waals surface area (Å²) in [5.41, 5.74) is 5.73. The van der Waals surface area contributed by atoms with E-state index in [1.165, 1.54) is 43.5 Å². The molecule has 55 heavy (non-hydrogen) atoms. The van der Waals surface area contributed by atoms with Crippen molar-refractivity contribution in [1.29, 1.82) is 0 Å². The number of hydrogen-bond donors (Lipinski definition) is 4. The Morgan fingerprint density at radius 3 is 1.55 bits per heavy atom. The fourth-order valence-corrected chi connectivity index (χ4v) is 6.68. The molecule has 2 aliphatic carbocycles. The fourth-order valence-electron chi connectivity index (χ4n) is 5.39. The number of para-hydroxylation sites is 3. The van der Waals surface area contributed by atoms with Gasteiger partial charge in [0.15, 0.2) is 0 Å². The van der Waals surface area contributed by atoms with Gasteiger partial charge in [0.2, 0.25) is 11.6 Å². The Hall–Kier alpha value is -4.47. The van der Waals surface area contributed by atoms with Gasteiger partial charge in [0.1, 0.15) is 37.4 Å². The molecule has 16 nitrogen and oxygen atoms in total. The van der Waals surface area contributed by atoms with Gasteiger partial charge in [-0.15, -0.1) is 0 Å². The molecule has 0 fully saturated rings. The zero-order chi connectivity index (χ0) is 38.1. The number of Topliss-reactive ketones (excluding diaryl/α,β-unsaturated/α-hetero) is 2. The second-order valence-corrected chi connectivity index (χ2v) is 14.1. The Morgan fingerprint density at radius 2 is 1.09 bits per heavy atom. The number of fused-ring (bicyclic) bond motifs is 2. The number of allylic oxidation sites excluding steroid dienone is 2. The number of carbonyl (C=O) groups is 3. The summed E-state index contributed by atoms with van der Waals surface area (Å²) < 4.78 is 78.3. The number of amides is 2. The SMILES string of the molecule is COc1ccccc1N/N=C1/C(=O)c2ccc(NC(=O)Nc3ccc4c(c3)C=C(S(=O)(=O)[O-])/C(=N/Nc3ccccc3C)C4=O)cc2C=C1S(=O)(=O)[O-].[Na+].[Na+]. The zero-order valence-electron chi connectivity index (χ0n) is 29.5. The van der Waals surface area contributed by atoms with Gasteiger partial charge in [-0.2, -0.15) is 10.2 Å². The van der Waals surface area contributed by atoms with Crippen LogP contribution in [-0.2, 0) is 20.2 Å². The van der Waals surface area contributed by atoms with Gasteiger partial charge < -0.3 is 24.5 Å². The summed E-state index contributed by atoms with van der Waals surface area (Å²) in [4.78, 5) is 37.9. The summed E-state index contributed by atoms with van der Waals surface area (Å²) in [7, 11) is -8.97. The Bertz CT molecular complexity index is 2590. The number of ether oxygens (including phenoxy) is 1. The van der Waals surface area contributed by atoms with Gasteiger partial charge in [-0.1, -0.05) is 30.3 Å². The van der Waals surface area contributed by atoms with E-state index in [1.54, 1.807) is 55.5 Å². The van der Waals surface area contributed by atoms with Crippen LogP contribution < -0.4 is 85.3 Å². The van der Waals surface area contributed by atoms with E-state index in [2.05, 4.69) is 31.7 Å². The standard InChI is InChI=1S/C35H28N6O10S2.2Na/c1-19-7-3-4-8-26(19)38-40-31-29(52(45,46)47)17-20-15-22(11-13-24(20)33(31)42)36-35(44)37-23-12-14-25-21(16-23)18-30(53(48,49)50)32(34(25)43)41-39-27-9-5-6-10-28(27)51-2;;/h3-18,38-39H,1-2H3,(H2,36,37,44)(H,45,46,47)(H,48,49,50);;/q;2*+1/p-2/b40-31-,41-32+;;. The summed E-state index contributed by atoms with van der Waals surface area (Å²) in [6, 6.07) is 20.5. The first-order valence-electron chi connectivity index (χ1n) is 15.3. The normalized spacial score (nSPS) is 15.0. The molecule has 2 aliphatic rings. The molecule has 0 bridgehead atoms. The molecule has 0 atom stereocenters. The predicted molar refractivity (Wildman–Crippen MR) is 196 cm³/mol. The van der Waals surface area contributed by atoms with E-state index in [0.717, 1.165) is 17.7 Å². The van der Waals surface area contributed by atoms with Gasteiger partial charge in [0, 0.05) is 22.5 Å². The van der Waals surface area contributed by atoms with E-state index in [-0.39, 0.29) is 92.7 Å². The van der Waals surface area contributed by atoms with E-state index >= 15 is 0 Å². The van der Waals surface area contributed by atoms with Gasteiger partial charge >= 0.3 is 65.1 Å². The average Bonchev–Trinajstić information content (AvgIpc) is 3.10. The van der Waals surface area contributed by atoms with Crippen LogP contribution in [0.3, 0.4) is 0 Å². The summed E-state index contributed by atoms with van der Waals surface area (Å²) in [6.45, 7) is 1.77. The van der Waals surface area contributed by atoms with Crippen LogP contribution in [0.2, 0.25) is 0 Å². The number of nitrogens with one attached hydrogen (secondary N) is 4. The van der Waals surface area contributed by atoms with Crippen LogP contribution in [-0.4, -0.2) is 62.1 Å². The van der Waals surface area contributed by atoms with Crippen molar-refractivity contribution in [2.75, 3.05) is 28.6 Å². The molecule has 4 N–H and O–H groups in total. The minimum atomic E-state index is -5.20. The minimum Gasteiger partial charge on any atom is -0.744 e. The molecular weight excluding hydrogens is 775 g/mol. The molecule has 0 saturated carbocycles. The quantitative estimate of drug-likeness (QED) is 0.0882. The Morgan fingerprint density at radius 1 is 0.655 bits per heavy atom. The van der Waals surface area contributed by atoms with Crippen molar-refractivity contribution in [2.45, 2.75) is 6.92 Å². The summed E-state index contributed by atoms with van der Waals surface area (Å²) in [6.07, 6.45) is 1.95. The molecule has 0 heterocycles. The van der Waals surface area contributed by atoms with Crippen LogP contribution in [0.4, 0.5) is 27.5 Å². The first-order chi connectivity index (χ1) is 25.1. The predicted octanol–water partition coefficient (Wildman–Crippen LogP) is -1.24. The van der Waals surface area contributed by atoms with E-state index in [9.17, 15) is 40.3 Å². The molecule has 6 rings (SSSR count). The number of hydrazone groups is 2. The molecule has 2 amide bonds. The molecule has 270 valence electrons. The summed E-state index contributed by atoms with van der Waals surface area (Å²) >= 11 is 0. The molecule has 4 aromatic rings. The van der Waals surface area contributed by atoms with E-state index < -0.39 is 59.1 Å². The maximum atomic E-state index is 13.3. The number of benzene rings is 4. The topological polar surface area (TPSA) is 248 Å². The molecule has 0 saturated heterocycles. The van der Waals surface area contributed by atoms with Crippen LogP contribution in [0.5, 0.6) is 5.75 Å². The van der Waals surface area contributed by atoms with Crippen molar-refractivity contribution in [3.8, 4) is 5.75 Å². The second-order valence-electron chi connectivity index (χ2n) is 11.4. The number of methoxy groups -OCH3 is 1. The Kier molecular flexibility index (Phi) is 13.8. The first kappa shape index (κ1) is 43.3. The molecule has 0 spiro atoms. The molecular formula is C35H26N6Na2O10S2. The van der Waals surface area contributed by atoms with Crippen molar-refractivity contribution < 1.29 is 104 Å². The van der Waals surface area contributed by atoms with Crippen molar-refractivity contribution in [3.05, 3.63) is 123 Å².